The highest BCUT2D eigenvalue weighted by Gasteiger charge is 2.05. The van der Waals surface area contributed by atoms with E-state index in [2.05, 4.69) is 4.98 Å². The van der Waals surface area contributed by atoms with Crippen LogP contribution in [-0.4, -0.2) is 14.7 Å². The molecule has 0 spiro atoms. The van der Waals surface area contributed by atoms with Crippen LogP contribution >= 0.6 is 0 Å². The van der Waals surface area contributed by atoms with Gasteiger partial charge in [-0.1, -0.05) is 6.92 Å². The van der Waals surface area contributed by atoms with Crippen LogP contribution < -0.4 is 5.69 Å². The molecule has 4 nitrogen and oxygen atoms in total. The summed E-state index contributed by atoms with van der Waals surface area (Å²) in [6, 6.07) is 0. The van der Waals surface area contributed by atoms with Crippen molar-refractivity contribution >= 4 is 0 Å². The number of hydrogen-bond acceptors (Lipinski definition) is 2. The maximum Gasteiger partial charge on any atom is 0.328 e. The normalized spacial score (nSPS) is 10.2. The molecule has 10 heavy (non-hydrogen) atoms. The summed E-state index contributed by atoms with van der Waals surface area (Å²) >= 11 is 0. The first-order chi connectivity index (χ1) is 4.66. The second-order valence-corrected chi connectivity index (χ2v) is 2.14. The van der Waals surface area contributed by atoms with Crippen LogP contribution in [0.15, 0.2) is 4.79 Å². The minimum absolute atomic E-state index is 0.0185. The first-order valence-electron chi connectivity index (χ1n) is 3.13. The largest absolute Gasteiger partial charge is 0.493 e. The molecule has 1 aromatic rings. The Labute approximate surface area is 58.1 Å². The summed E-state index contributed by atoms with van der Waals surface area (Å²) in [5, 5.41) is 9.04. The van der Waals surface area contributed by atoms with Gasteiger partial charge in [0.15, 0.2) is 0 Å². The monoisotopic (exact) mass is 142 g/mol. The van der Waals surface area contributed by atoms with Gasteiger partial charge < -0.3 is 5.11 Å². The number of aromatic amines is 1. The molecule has 0 saturated heterocycles. The summed E-state index contributed by atoms with van der Waals surface area (Å²) in [4.78, 5) is 13.1. The van der Waals surface area contributed by atoms with E-state index in [1.54, 1.807) is 7.05 Å². The second-order valence-electron chi connectivity index (χ2n) is 2.14. The molecule has 4 heteroatoms. The van der Waals surface area contributed by atoms with Gasteiger partial charge in [0.25, 0.3) is 0 Å². The van der Waals surface area contributed by atoms with Crippen molar-refractivity contribution in [2.75, 3.05) is 0 Å². The third-order valence-corrected chi connectivity index (χ3v) is 1.54. The Morgan fingerprint density at radius 3 is 2.50 bits per heavy atom. The van der Waals surface area contributed by atoms with Crippen LogP contribution in [0.1, 0.15) is 12.6 Å². The first kappa shape index (κ1) is 6.92. The average molecular weight is 142 g/mol. The number of nitrogens with zero attached hydrogens (tertiary/aromatic N) is 1. The lowest BCUT2D eigenvalue weighted by Gasteiger charge is -1.94. The van der Waals surface area contributed by atoms with Crippen LogP contribution in [0, 0.1) is 0 Å². The highest BCUT2D eigenvalue weighted by Crippen LogP contribution is 2.09. The van der Waals surface area contributed by atoms with Gasteiger partial charge in [0.1, 0.15) is 0 Å². The minimum Gasteiger partial charge on any atom is -0.493 e. The molecule has 0 aliphatic rings. The van der Waals surface area contributed by atoms with Crippen molar-refractivity contribution in [1.82, 2.24) is 9.55 Å². The highest BCUT2D eigenvalue weighted by atomic mass is 16.3. The summed E-state index contributed by atoms with van der Waals surface area (Å²) in [7, 11) is 1.62. The van der Waals surface area contributed by atoms with Crippen molar-refractivity contribution in [3.8, 4) is 5.88 Å². The molecule has 1 aromatic heterocycles. The number of aromatic nitrogens is 2. The fourth-order valence-electron chi connectivity index (χ4n) is 0.943. The number of aromatic hydroxyl groups is 1. The zero-order chi connectivity index (χ0) is 7.72. The Bertz CT molecular complexity index is 284. The number of imidazole rings is 1. The van der Waals surface area contributed by atoms with E-state index in [0.29, 0.717) is 12.1 Å². The molecule has 0 saturated carbocycles. The van der Waals surface area contributed by atoms with Crippen LogP contribution in [0.2, 0.25) is 0 Å². The molecule has 2 N–H and O–H groups in total. The minimum atomic E-state index is -0.269. The lowest BCUT2D eigenvalue weighted by molar-refractivity contribution is 0.448. The summed E-state index contributed by atoms with van der Waals surface area (Å²) in [6.07, 6.45) is 0.654. The van der Waals surface area contributed by atoms with Crippen LogP contribution in [-0.2, 0) is 13.5 Å². The molecule has 0 radical (unpaired) electrons. The van der Waals surface area contributed by atoms with Crippen molar-refractivity contribution in [3.05, 3.63) is 16.2 Å². The molecular formula is C6H10N2O2. The van der Waals surface area contributed by atoms with Gasteiger partial charge in [0.2, 0.25) is 5.88 Å². The zero-order valence-corrected chi connectivity index (χ0v) is 6.01. The van der Waals surface area contributed by atoms with Gasteiger partial charge in [-0.25, -0.2) is 4.79 Å². The fraction of sp³-hybridized carbons (Fsp3) is 0.500. The maximum atomic E-state index is 10.8. The first-order valence-corrected chi connectivity index (χ1v) is 3.13. The molecule has 0 atom stereocenters. The third kappa shape index (κ3) is 0.814. The Balaban J connectivity index is 3.34. The van der Waals surface area contributed by atoms with Crippen molar-refractivity contribution in [3.63, 3.8) is 0 Å². The summed E-state index contributed by atoms with van der Waals surface area (Å²) in [5.74, 6) is -0.0185. The molecule has 0 bridgehead atoms. The number of rotatable bonds is 1. The molecular weight excluding hydrogens is 132 g/mol. The van der Waals surface area contributed by atoms with E-state index < -0.39 is 0 Å². The molecule has 1 heterocycles. The van der Waals surface area contributed by atoms with E-state index in [-0.39, 0.29) is 11.6 Å². The molecule has 0 fully saturated rings. The van der Waals surface area contributed by atoms with Gasteiger partial charge in [0.05, 0.1) is 5.69 Å². The van der Waals surface area contributed by atoms with Crippen molar-refractivity contribution in [1.29, 1.82) is 0 Å². The molecule has 0 aliphatic carbocycles. The Hall–Kier alpha value is -1.19. The van der Waals surface area contributed by atoms with Crippen LogP contribution in [0.3, 0.4) is 0 Å². The predicted molar refractivity (Wildman–Crippen MR) is 37.1 cm³/mol. The highest BCUT2D eigenvalue weighted by molar-refractivity contribution is 5.17. The molecule has 0 unspecified atom stereocenters. The molecule has 0 aromatic carbocycles. The zero-order valence-electron chi connectivity index (χ0n) is 6.01. The summed E-state index contributed by atoms with van der Waals surface area (Å²) in [5.41, 5.74) is 0.374. The maximum absolute atomic E-state index is 10.8. The SMILES string of the molecule is CCc1c(O)[nH]c(=O)n1C. The van der Waals surface area contributed by atoms with Crippen molar-refractivity contribution in [2.24, 2.45) is 7.05 Å². The van der Waals surface area contributed by atoms with E-state index in [1.807, 2.05) is 6.92 Å². The van der Waals surface area contributed by atoms with Gasteiger partial charge in [0, 0.05) is 7.05 Å². The molecule has 1 rings (SSSR count). The third-order valence-electron chi connectivity index (χ3n) is 1.54. The van der Waals surface area contributed by atoms with Crippen LogP contribution in [0.5, 0.6) is 5.88 Å². The molecule has 56 valence electrons. The summed E-state index contributed by atoms with van der Waals surface area (Å²) < 4.78 is 1.40. The van der Waals surface area contributed by atoms with Crippen molar-refractivity contribution in [2.45, 2.75) is 13.3 Å². The molecule has 0 aliphatic heterocycles. The average Bonchev–Trinajstić information content (AvgIpc) is 2.09. The van der Waals surface area contributed by atoms with Crippen molar-refractivity contribution < 1.29 is 5.11 Å². The smallest absolute Gasteiger partial charge is 0.328 e. The quantitative estimate of drug-likeness (QED) is 0.579. The molecule has 0 amide bonds. The Morgan fingerprint density at radius 1 is 1.70 bits per heavy atom. The predicted octanol–water partition coefficient (Wildman–Crippen LogP) is -0.0186. The summed E-state index contributed by atoms with van der Waals surface area (Å²) in [6.45, 7) is 1.88. The number of H-pyrrole nitrogens is 1. The fourth-order valence-corrected chi connectivity index (χ4v) is 0.943. The van der Waals surface area contributed by atoms with E-state index in [1.165, 1.54) is 4.57 Å². The van der Waals surface area contributed by atoms with Gasteiger partial charge in [-0.3, -0.25) is 9.55 Å². The van der Waals surface area contributed by atoms with Gasteiger partial charge in [-0.2, -0.15) is 0 Å². The lowest BCUT2D eigenvalue weighted by Crippen LogP contribution is -2.13. The van der Waals surface area contributed by atoms with Gasteiger partial charge in [-0.15, -0.1) is 0 Å². The van der Waals surface area contributed by atoms with Crippen LogP contribution in [0.4, 0.5) is 0 Å². The topological polar surface area (TPSA) is 58.0 Å². The Morgan fingerprint density at radius 2 is 2.30 bits per heavy atom. The van der Waals surface area contributed by atoms with E-state index in [9.17, 15) is 4.79 Å². The number of nitrogens with one attached hydrogen (secondary N) is 1. The van der Waals surface area contributed by atoms with E-state index in [4.69, 9.17) is 5.11 Å². The Kier molecular flexibility index (Phi) is 1.53. The lowest BCUT2D eigenvalue weighted by atomic mass is 10.3. The van der Waals surface area contributed by atoms with Gasteiger partial charge in [-0.05, 0) is 6.42 Å². The van der Waals surface area contributed by atoms with E-state index in [0.717, 1.165) is 0 Å². The van der Waals surface area contributed by atoms with E-state index >= 15 is 0 Å². The number of hydrogen-bond donors (Lipinski definition) is 2. The second kappa shape index (κ2) is 2.21. The standard InChI is InChI=1S/C6H10N2O2/c1-3-4-5(9)7-6(10)8(4)2/h9H,3H2,1-2H3,(H,7,10). The van der Waals surface area contributed by atoms with Gasteiger partial charge >= 0.3 is 5.69 Å². The van der Waals surface area contributed by atoms with Crippen LogP contribution in [0.25, 0.3) is 0 Å².